The topological polar surface area (TPSA) is 42.4 Å². The van der Waals surface area contributed by atoms with Crippen LogP contribution in [0.5, 0.6) is 11.5 Å². The molecule has 0 saturated carbocycles. The summed E-state index contributed by atoms with van der Waals surface area (Å²) >= 11 is 5.65. The largest absolute Gasteiger partial charge is 0.508 e. The van der Waals surface area contributed by atoms with Gasteiger partial charge in [-0.15, -0.1) is 0 Å². The molecule has 0 fully saturated rings. The third-order valence-corrected chi connectivity index (χ3v) is 2.27. The fraction of sp³-hybridized carbons (Fsp3) is 0.0833. The number of rotatable bonds is 3. The van der Waals surface area contributed by atoms with Crippen molar-refractivity contribution in [2.75, 3.05) is 0 Å². The third kappa shape index (κ3) is 2.87. The first-order valence-corrected chi connectivity index (χ1v) is 5.14. The van der Waals surface area contributed by atoms with Crippen LogP contribution < -0.4 is 4.74 Å². The second-order valence-electron chi connectivity index (χ2n) is 3.27. The molecule has 0 radical (unpaired) electrons. The van der Waals surface area contributed by atoms with E-state index in [4.69, 9.17) is 21.4 Å². The molecule has 0 amide bonds. The Bertz CT molecular complexity index is 408. The molecule has 1 aromatic heterocycles. The van der Waals surface area contributed by atoms with Gasteiger partial charge in [-0.3, -0.25) is 0 Å². The van der Waals surface area contributed by atoms with E-state index in [1.165, 1.54) is 0 Å². The molecular weight excluding hydrogens is 226 g/mol. The Morgan fingerprint density at radius 1 is 1.12 bits per heavy atom. The predicted octanol–water partition coefficient (Wildman–Crippen LogP) is 3.02. The number of ether oxygens (including phenoxy) is 1. The SMILES string of the molecule is Oc1ccc(COc2ccc(Cl)nc2)cc1. The Balaban J connectivity index is 1.97. The molecule has 82 valence electrons. The summed E-state index contributed by atoms with van der Waals surface area (Å²) in [7, 11) is 0. The molecule has 0 aliphatic heterocycles. The summed E-state index contributed by atoms with van der Waals surface area (Å²) < 4.78 is 5.48. The number of hydrogen-bond donors (Lipinski definition) is 1. The molecule has 0 spiro atoms. The van der Waals surface area contributed by atoms with Crippen LogP contribution in [0.2, 0.25) is 5.15 Å². The van der Waals surface area contributed by atoms with Crippen LogP contribution in [0.25, 0.3) is 0 Å². The molecule has 16 heavy (non-hydrogen) atoms. The van der Waals surface area contributed by atoms with Gasteiger partial charge in [-0.1, -0.05) is 23.7 Å². The van der Waals surface area contributed by atoms with Gasteiger partial charge in [0.2, 0.25) is 0 Å². The average Bonchev–Trinajstić information content (AvgIpc) is 2.30. The number of aromatic hydroxyl groups is 1. The summed E-state index contributed by atoms with van der Waals surface area (Å²) in [5.41, 5.74) is 0.979. The van der Waals surface area contributed by atoms with Crippen LogP contribution in [0.15, 0.2) is 42.6 Å². The van der Waals surface area contributed by atoms with Crippen molar-refractivity contribution in [1.82, 2.24) is 4.98 Å². The fourth-order valence-corrected chi connectivity index (χ4v) is 1.32. The van der Waals surface area contributed by atoms with E-state index in [2.05, 4.69) is 4.98 Å². The van der Waals surface area contributed by atoms with Gasteiger partial charge in [-0.05, 0) is 29.8 Å². The normalized spacial score (nSPS) is 10.1. The number of phenolic OH excluding ortho intramolecular Hbond substituents is 1. The van der Waals surface area contributed by atoms with Crippen molar-refractivity contribution in [1.29, 1.82) is 0 Å². The molecule has 4 heteroatoms. The summed E-state index contributed by atoms with van der Waals surface area (Å²) in [6.07, 6.45) is 1.57. The highest BCUT2D eigenvalue weighted by Gasteiger charge is 1.97. The molecule has 1 aromatic carbocycles. The number of pyridine rings is 1. The first kappa shape index (κ1) is 10.8. The number of hydrogen-bond acceptors (Lipinski definition) is 3. The molecule has 2 rings (SSSR count). The summed E-state index contributed by atoms with van der Waals surface area (Å²) in [6, 6.07) is 10.3. The van der Waals surface area contributed by atoms with Crippen LogP contribution in [0.3, 0.4) is 0 Å². The van der Waals surface area contributed by atoms with Gasteiger partial charge in [0.05, 0.1) is 6.20 Å². The van der Waals surface area contributed by atoms with Crippen LogP contribution in [0, 0.1) is 0 Å². The number of nitrogens with zero attached hydrogens (tertiary/aromatic N) is 1. The number of halogens is 1. The highest BCUT2D eigenvalue weighted by atomic mass is 35.5. The zero-order chi connectivity index (χ0) is 11.4. The van der Waals surface area contributed by atoms with Gasteiger partial charge >= 0.3 is 0 Å². The van der Waals surface area contributed by atoms with E-state index in [-0.39, 0.29) is 5.75 Å². The van der Waals surface area contributed by atoms with Crippen LogP contribution >= 0.6 is 11.6 Å². The summed E-state index contributed by atoms with van der Waals surface area (Å²) in [6.45, 7) is 0.434. The zero-order valence-electron chi connectivity index (χ0n) is 8.43. The Kier molecular flexibility index (Phi) is 3.27. The lowest BCUT2D eigenvalue weighted by molar-refractivity contribution is 0.305. The molecule has 1 heterocycles. The molecular formula is C12H10ClNO2. The number of benzene rings is 1. The second kappa shape index (κ2) is 4.86. The predicted molar refractivity (Wildman–Crippen MR) is 61.7 cm³/mol. The van der Waals surface area contributed by atoms with Crippen LogP contribution in [0.1, 0.15) is 5.56 Å². The minimum absolute atomic E-state index is 0.247. The van der Waals surface area contributed by atoms with Crippen molar-refractivity contribution in [3.63, 3.8) is 0 Å². The third-order valence-electron chi connectivity index (χ3n) is 2.04. The minimum atomic E-state index is 0.247. The van der Waals surface area contributed by atoms with Gasteiger partial charge in [0.15, 0.2) is 0 Å². The molecule has 0 bridgehead atoms. The fourth-order valence-electron chi connectivity index (χ4n) is 1.21. The Morgan fingerprint density at radius 3 is 2.50 bits per heavy atom. The van der Waals surface area contributed by atoms with Crippen molar-refractivity contribution in [2.24, 2.45) is 0 Å². The van der Waals surface area contributed by atoms with Crippen molar-refractivity contribution in [3.05, 3.63) is 53.3 Å². The van der Waals surface area contributed by atoms with Gasteiger partial charge in [0.1, 0.15) is 23.3 Å². The lowest BCUT2D eigenvalue weighted by Crippen LogP contribution is -1.95. The monoisotopic (exact) mass is 235 g/mol. The Morgan fingerprint density at radius 2 is 1.88 bits per heavy atom. The van der Waals surface area contributed by atoms with E-state index in [0.717, 1.165) is 5.56 Å². The number of phenols is 1. The van der Waals surface area contributed by atoms with Gasteiger partial charge in [-0.2, -0.15) is 0 Å². The van der Waals surface area contributed by atoms with Gasteiger partial charge in [0, 0.05) is 0 Å². The molecule has 0 saturated heterocycles. The molecule has 0 atom stereocenters. The maximum atomic E-state index is 9.11. The molecule has 0 aliphatic carbocycles. The molecule has 0 aliphatic rings. The average molecular weight is 236 g/mol. The zero-order valence-corrected chi connectivity index (χ0v) is 9.19. The summed E-state index contributed by atoms with van der Waals surface area (Å²) in [5, 5.41) is 9.55. The molecule has 1 N–H and O–H groups in total. The van der Waals surface area contributed by atoms with E-state index in [1.54, 1.807) is 42.6 Å². The van der Waals surface area contributed by atoms with Crippen molar-refractivity contribution in [2.45, 2.75) is 6.61 Å². The van der Waals surface area contributed by atoms with Crippen molar-refractivity contribution in [3.8, 4) is 11.5 Å². The van der Waals surface area contributed by atoms with E-state index >= 15 is 0 Å². The van der Waals surface area contributed by atoms with Gasteiger partial charge in [0.25, 0.3) is 0 Å². The Hall–Kier alpha value is -1.74. The van der Waals surface area contributed by atoms with E-state index in [0.29, 0.717) is 17.5 Å². The lowest BCUT2D eigenvalue weighted by Gasteiger charge is -2.05. The van der Waals surface area contributed by atoms with E-state index in [9.17, 15) is 0 Å². The lowest BCUT2D eigenvalue weighted by atomic mass is 10.2. The molecule has 2 aromatic rings. The van der Waals surface area contributed by atoms with Crippen LogP contribution in [-0.4, -0.2) is 10.1 Å². The minimum Gasteiger partial charge on any atom is -0.508 e. The maximum absolute atomic E-state index is 9.11. The second-order valence-corrected chi connectivity index (χ2v) is 3.66. The Labute approximate surface area is 98.3 Å². The number of aromatic nitrogens is 1. The highest BCUT2D eigenvalue weighted by molar-refractivity contribution is 6.29. The summed E-state index contributed by atoms with van der Waals surface area (Å²) in [4.78, 5) is 3.91. The van der Waals surface area contributed by atoms with Crippen LogP contribution in [0.4, 0.5) is 0 Å². The molecule has 0 unspecified atom stereocenters. The first-order valence-electron chi connectivity index (χ1n) is 4.76. The first-order chi connectivity index (χ1) is 7.74. The molecule has 3 nitrogen and oxygen atoms in total. The van der Waals surface area contributed by atoms with E-state index < -0.39 is 0 Å². The van der Waals surface area contributed by atoms with Crippen molar-refractivity contribution < 1.29 is 9.84 Å². The maximum Gasteiger partial charge on any atom is 0.138 e. The smallest absolute Gasteiger partial charge is 0.138 e. The highest BCUT2D eigenvalue weighted by Crippen LogP contribution is 2.15. The van der Waals surface area contributed by atoms with Gasteiger partial charge < -0.3 is 9.84 Å². The summed E-state index contributed by atoms with van der Waals surface area (Å²) in [5.74, 6) is 0.911. The van der Waals surface area contributed by atoms with Gasteiger partial charge in [-0.25, -0.2) is 4.98 Å². The van der Waals surface area contributed by atoms with Crippen LogP contribution in [-0.2, 0) is 6.61 Å². The quantitative estimate of drug-likeness (QED) is 0.832. The van der Waals surface area contributed by atoms with Crippen molar-refractivity contribution >= 4 is 11.6 Å². The van der Waals surface area contributed by atoms with E-state index in [1.807, 2.05) is 0 Å². The standard InChI is InChI=1S/C12H10ClNO2/c13-12-6-5-11(7-14-12)16-8-9-1-3-10(15)4-2-9/h1-7,15H,8H2.